The van der Waals surface area contributed by atoms with Crippen LogP contribution in [-0.2, 0) is 0 Å². The molecule has 94 valence electrons. The van der Waals surface area contributed by atoms with Crippen LogP contribution in [0.1, 0.15) is 10.4 Å². The van der Waals surface area contributed by atoms with Crippen molar-refractivity contribution in [2.75, 3.05) is 0 Å². The summed E-state index contributed by atoms with van der Waals surface area (Å²) in [6, 6.07) is 11.6. The third kappa shape index (κ3) is 1.72. The summed E-state index contributed by atoms with van der Waals surface area (Å²) in [5.41, 5.74) is 1.72. The fraction of sp³-hybridized carbons (Fsp3) is 0. The van der Waals surface area contributed by atoms with Crippen LogP contribution in [0.4, 0.5) is 0 Å². The summed E-state index contributed by atoms with van der Waals surface area (Å²) in [5.74, 6) is -0.959. The van der Waals surface area contributed by atoms with Crippen molar-refractivity contribution in [1.82, 2.24) is 10.2 Å². The van der Waals surface area contributed by atoms with E-state index in [1.54, 1.807) is 36.4 Å². The molecule has 1 aromatic heterocycles. The Labute approximate surface area is 108 Å². The summed E-state index contributed by atoms with van der Waals surface area (Å²) in [4.78, 5) is 11.3. The van der Waals surface area contributed by atoms with Crippen molar-refractivity contribution in [3.63, 3.8) is 0 Å². The lowest BCUT2D eigenvalue weighted by Gasteiger charge is -2.03. The number of carboxylic acids is 1. The zero-order valence-corrected chi connectivity index (χ0v) is 9.79. The maximum atomic E-state index is 11.3. The van der Waals surface area contributed by atoms with Crippen LogP contribution in [0.15, 0.2) is 42.5 Å². The van der Waals surface area contributed by atoms with Crippen molar-refractivity contribution >= 4 is 16.9 Å². The van der Waals surface area contributed by atoms with Crippen molar-refractivity contribution in [2.45, 2.75) is 0 Å². The second kappa shape index (κ2) is 4.13. The standard InChI is InChI=1S/C14H10N2O3/c17-11-7-2-1-4-8(11)13-12-9(14(18)19)5-3-6-10(12)15-16-13/h1-7,17H,(H,15,16)(H,18,19). The molecule has 2 aromatic carbocycles. The number of nitrogens with one attached hydrogen (secondary N) is 1. The maximum absolute atomic E-state index is 11.3. The Hall–Kier alpha value is -2.82. The molecule has 5 nitrogen and oxygen atoms in total. The Morgan fingerprint density at radius 1 is 1.11 bits per heavy atom. The van der Waals surface area contributed by atoms with Gasteiger partial charge in [0.2, 0.25) is 0 Å². The average molecular weight is 254 g/mol. The number of phenols is 1. The molecule has 0 atom stereocenters. The van der Waals surface area contributed by atoms with Gasteiger partial charge < -0.3 is 10.2 Å². The number of hydrogen-bond acceptors (Lipinski definition) is 3. The van der Waals surface area contributed by atoms with Gasteiger partial charge in [0.1, 0.15) is 11.4 Å². The second-order valence-corrected chi connectivity index (χ2v) is 4.12. The van der Waals surface area contributed by atoms with Crippen LogP contribution in [-0.4, -0.2) is 26.4 Å². The van der Waals surface area contributed by atoms with Gasteiger partial charge in [0.25, 0.3) is 0 Å². The number of rotatable bonds is 2. The van der Waals surface area contributed by atoms with Crippen molar-refractivity contribution in [1.29, 1.82) is 0 Å². The summed E-state index contributed by atoms with van der Waals surface area (Å²) in [6.45, 7) is 0. The van der Waals surface area contributed by atoms with E-state index < -0.39 is 5.97 Å². The molecule has 0 saturated carbocycles. The number of benzene rings is 2. The molecule has 0 unspecified atom stereocenters. The van der Waals surface area contributed by atoms with Gasteiger partial charge in [-0.25, -0.2) is 4.79 Å². The summed E-state index contributed by atoms with van der Waals surface area (Å²) < 4.78 is 0. The molecule has 0 fully saturated rings. The lowest BCUT2D eigenvalue weighted by molar-refractivity contribution is 0.0699. The molecule has 0 radical (unpaired) electrons. The monoisotopic (exact) mass is 254 g/mol. The highest BCUT2D eigenvalue weighted by molar-refractivity contribution is 6.08. The van der Waals surface area contributed by atoms with Crippen LogP contribution in [0.25, 0.3) is 22.2 Å². The molecule has 0 aliphatic carbocycles. The van der Waals surface area contributed by atoms with Gasteiger partial charge in [0.05, 0.1) is 11.1 Å². The van der Waals surface area contributed by atoms with Gasteiger partial charge in [0, 0.05) is 10.9 Å². The fourth-order valence-corrected chi connectivity index (χ4v) is 2.12. The first kappa shape index (κ1) is 11.3. The number of carboxylic acid groups (broad SMARTS) is 1. The SMILES string of the molecule is O=C(O)c1cccc2[nH]nc(-c3ccccc3O)c12. The molecule has 0 bridgehead atoms. The molecule has 0 amide bonds. The molecule has 3 N–H and O–H groups in total. The summed E-state index contributed by atoms with van der Waals surface area (Å²) in [7, 11) is 0. The normalized spacial score (nSPS) is 10.7. The Kier molecular flexibility index (Phi) is 2.45. The quantitative estimate of drug-likeness (QED) is 0.656. The van der Waals surface area contributed by atoms with Gasteiger partial charge in [-0.3, -0.25) is 5.10 Å². The zero-order chi connectivity index (χ0) is 13.4. The average Bonchev–Trinajstić information content (AvgIpc) is 2.82. The maximum Gasteiger partial charge on any atom is 0.336 e. The Balaban J connectivity index is 2.37. The predicted molar refractivity (Wildman–Crippen MR) is 70.2 cm³/mol. The molecular weight excluding hydrogens is 244 g/mol. The minimum absolute atomic E-state index is 0.0658. The van der Waals surface area contributed by atoms with E-state index >= 15 is 0 Å². The van der Waals surface area contributed by atoms with Gasteiger partial charge in [-0.05, 0) is 24.3 Å². The predicted octanol–water partition coefficient (Wildman–Crippen LogP) is 2.63. The lowest BCUT2D eigenvalue weighted by Crippen LogP contribution is -1.97. The van der Waals surface area contributed by atoms with E-state index in [0.717, 1.165) is 0 Å². The van der Waals surface area contributed by atoms with Gasteiger partial charge in [0.15, 0.2) is 0 Å². The summed E-state index contributed by atoms with van der Waals surface area (Å²) >= 11 is 0. The number of phenolic OH excluding ortho intramolecular Hbond substituents is 1. The first-order chi connectivity index (χ1) is 9.18. The Bertz CT molecular complexity index is 777. The highest BCUT2D eigenvalue weighted by Gasteiger charge is 2.17. The first-order valence-electron chi connectivity index (χ1n) is 5.67. The van der Waals surface area contributed by atoms with Gasteiger partial charge in [-0.15, -0.1) is 0 Å². The van der Waals surface area contributed by atoms with Crippen molar-refractivity contribution < 1.29 is 15.0 Å². The number of carbonyl (C=O) groups is 1. The van der Waals surface area contributed by atoms with Crippen LogP contribution >= 0.6 is 0 Å². The van der Waals surface area contributed by atoms with Crippen molar-refractivity contribution in [2.24, 2.45) is 0 Å². The second-order valence-electron chi connectivity index (χ2n) is 4.12. The van der Waals surface area contributed by atoms with E-state index in [0.29, 0.717) is 22.2 Å². The largest absolute Gasteiger partial charge is 0.507 e. The van der Waals surface area contributed by atoms with Crippen LogP contribution in [0.5, 0.6) is 5.75 Å². The molecule has 19 heavy (non-hydrogen) atoms. The van der Waals surface area contributed by atoms with E-state index in [1.807, 2.05) is 0 Å². The topological polar surface area (TPSA) is 86.2 Å². The summed E-state index contributed by atoms with van der Waals surface area (Å²) in [5, 5.41) is 26.5. The number of para-hydroxylation sites is 1. The summed E-state index contributed by atoms with van der Waals surface area (Å²) in [6.07, 6.45) is 0. The number of aromatic amines is 1. The van der Waals surface area contributed by atoms with E-state index in [9.17, 15) is 15.0 Å². The third-order valence-corrected chi connectivity index (χ3v) is 2.98. The third-order valence-electron chi connectivity index (χ3n) is 2.98. The highest BCUT2D eigenvalue weighted by atomic mass is 16.4. The number of aromatic hydroxyl groups is 1. The number of nitrogens with zero attached hydrogens (tertiary/aromatic N) is 1. The molecule has 3 rings (SSSR count). The minimum Gasteiger partial charge on any atom is -0.507 e. The fourth-order valence-electron chi connectivity index (χ4n) is 2.12. The minimum atomic E-state index is -1.02. The molecule has 0 spiro atoms. The van der Waals surface area contributed by atoms with E-state index in [2.05, 4.69) is 10.2 Å². The number of fused-ring (bicyclic) bond motifs is 1. The van der Waals surface area contributed by atoms with Crippen LogP contribution < -0.4 is 0 Å². The van der Waals surface area contributed by atoms with Gasteiger partial charge in [-0.2, -0.15) is 5.10 Å². The molecule has 1 heterocycles. The molecule has 3 aromatic rings. The number of H-pyrrole nitrogens is 1. The molecule has 0 aliphatic rings. The number of hydrogen-bond donors (Lipinski definition) is 3. The first-order valence-corrected chi connectivity index (χ1v) is 5.67. The van der Waals surface area contributed by atoms with E-state index in [-0.39, 0.29) is 11.3 Å². The van der Waals surface area contributed by atoms with Crippen LogP contribution in [0, 0.1) is 0 Å². The molecule has 5 heteroatoms. The smallest absolute Gasteiger partial charge is 0.336 e. The van der Waals surface area contributed by atoms with Crippen LogP contribution in [0.3, 0.4) is 0 Å². The van der Waals surface area contributed by atoms with E-state index in [1.165, 1.54) is 6.07 Å². The van der Waals surface area contributed by atoms with Crippen molar-refractivity contribution in [3.05, 3.63) is 48.0 Å². The molecule has 0 aliphatic heterocycles. The molecular formula is C14H10N2O3. The number of aromatic carboxylic acids is 1. The Morgan fingerprint density at radius 3 is 2.63 bits per heavy atom. The molecule has 0 saturated heterocycles. The van der Waals surface area contributed by atoms with Gasteiger partial charge >= 0.3 is 5.97 Å². The van der Waals surface area contributed by atoms with E-state index in [4.69, 9.17) is 0 Å². The van der Waals surface area contributed by atoms with Gasteiger partial charge in [-0.1, -0.05) is 18.2 Å². The lowest BCUT2D eigenvalue weighted by atomic mass is 10.0. The zero-order valence-electron chi connectivity index (χ0n) is 9.79. The Morgan fingerprint density at radius 2 is 1.89 bits per heavy atom. The van der Waals surface area contributed by atoms with Crippen LogP contribution in [0.2, 0.25) is 0 Å². The highest BCUT2D eigenvalue weighted by Crippen LogP contribution is 2.34. The number of aromatic nitrogens is 2. The van der Waals surface area contributed by atoms with Crippen molar-refractivity contribution in [3.8, 4) is 17.0 Å².